The zero-order valence-corrected chi connectivity index (χ0v) is 11.5. The predicted molar refractivity (Wildman–Crippen MR) is 65.1 cm³/mol. The number of urea groups is 1. The largest absolute Gasteiger partial charge is 0.387 e. The van der Waals surface area contributed by atoms with Gasteiger partial charge < -0.3 is 10.4 Å². The molecule has 17 heavy (non-hydrogen) atoms. The Morgan fingerprint density at radius 3 is 2.18 bits per heavy atom. The molecule has 1 unspecified atom stereocenters. The summed E-state index contributed by atoms with van der Waals surface area (Å²) in [5, 5.41) is 11.9. The molecule has 0 aromatic carbocycles. The second-order valence-corrected chi connectivity index (χ2v) is 5.46. The molecule has 6 heteroatoms. The first kappa shape index (κ1) is 15.9. The molecule has 2 amide bonds. The summed E-state index contributed by atoms with van der Waals surface area (Å²) in [6.07, 6.45) is -0.522. The highest BCUT2D eigenvalue weighted by Crippen LogP contribution is 2.03. The fourth-order valence-corrected chi connectivity index (χ4v) is 1.38. The fourth-order valence-electron chi connectivity index (χ4n) is 1.38. The lowest BCUT2D eigenvalue weighted by atomic mass is 10.0. The molecule has 0 bridgehead atoms. The van der Waals surface area contributed by atoms with E-state index in [9.17, 15) is 14.7 Å². The maximum atomic E-state index is 11.7. The van der Waals surface area contributed by atoms with Crippen LogP contribution in [0, 0.1) is 0 Å². The molecule has 0 saturated heterocycles. The molecule has 0 fully saturated rings. The van der Waals surface area contributed by atoms with Crippen molar-refractivity contribution in [2.45, 2.75) is 39.3 Å². The van der Waals surface area contributed by atoms with Gasteiger partial charge in [-0.05, 0) is 27.7 Å². The van der Waals surface area contributed by atoms with E-state index in [2.05, 4.69) is 10.7 Å². The van der Waals surface area contributed by atoms with Crippen LogP contribution in [0.3, 0.4) is 0 Å². The van der Waals surface area contributed by atoms with Gasteiger partial charge in [-0.3, -0.25) is 4.79 Å². The zero-order valence-electron chi connectivity index (χ0n) is 11.5. The molecule has 0 aliphatic carbocycles. The van der Waals surface area contributed by atoms with E-state index in [1.165, 1.54) is 6.92 Å². The third-order valence-corrected chi connectivity index (χ3v) is 2.43. The van der Waals surface area contributed by atoms with Crippen molar-refractivity contribution in [1.29, 1.82) is 0 Å². The van der Waals surface area contributed by atoms with Gasteiger partial charge in [0.05, 0.1) is 19.6 Å². The maximum Gasteiger partial charge on any atom is 0.359 e. The lowest BCUT2D eigenvalue weighted by Gasteiger charge is -2.32. The topological polar surface area (TPSA) is 78.4 Å². The summed E-state index contributed by atoms with van der Waals surface area (Å²) in [6, 6.07) is -0.434. The molecule has 6 nitrogen and oxygen atoms in total. The van der Waals surface area contributed by atoms with E-state index >= 15 is 0 Å². The highest BCUT2D eigenvalue weighted by atomic mass is 16.3. The SMILES string of the molecule is CC(=O)C(C)(C)NC(=O)N[N+](C)(C)CC(C)O. The van der Waals surface area contributed by atoms with Crippen LogP contribution in [0.25, 0.3) is 0 Å². The van der Waals surface area contributed by atoms with Crippen molar-refractivity contribution in [3.63, 3.8) is 0 Å². The Bertz CT molecular complexity index is 298. The van der Waals surface area contributed by atoms with Crippen molar-refractivity contribution in [2.75, 3.05) is 20.6 Å². The summed E-state index contributed by atoms with van der Waals surface area (Å²) in [6.45, 7) is 6.75. The Morgan fingerprint density at radius 1 is 1.35 bits per heavy atom. The zero-order chi connectivity index (χ0) is 13.9. The van der Waals surface area contributed by atoms with Crippen molar-refractivity contribution >= 4 is 11.8 Å². The first-order chi connectivity index (χ1) is 7.46. The number of carbonyl (C=O) groups excluding carboxylic acids is 2. The van der Waals surface area contributed by atoms with Crippen LogP contribution in [0.2, 0.25) is 0 Å². The van der Waals surface area contributed by atoms with Gasteiger partial charge in [0.25, 0.3) is 0 Å². The average Bonchev–Trinajstić information content (AvgIpc) is 1.96. The molecule has 0 aromatic heterocycles. The van der Waals surface area contributed by atoms with E-state index in [4.69, 9.17) is 0 Å². The highest BCUT2D eigenvalue weighted by molar-refractivity contribution is 5.89. The number of carbonyl (C=O) groups is 2. The van der Waals surface area contributed by atoms with Gasteiger partial charge in [0.1, 0.15) is 12.6 Å². The van der Waals surface area contributed by atoms with E-state index in [0.717, 1.165) is 0 Å². The Balaban J connectivity index is 4.41. The van der Waals surface area contributed by atoms with Crippen LogP contribution in [0.1, 0.15) is 27.7 Å². The van der Waals surface area contributed by atoms with Gasteiger partial charge in [0, 0.05) is 0 Å². The molecule has 0 saturated carbocycles. The van der Waals surface area contributed by atoms with Gasteiger partial charge in [-0.1, -0.05) is 0 Å². The minimum absolute atomic E-state index is 0.117. The number of rotatable bonds is 5. The number of aliphatic hydroxyl groups excluding tert-OH is 1. The molecule has 0 rings (SSSR count). The number of hydrogen-bond acceptors (Lipinski definition) is 3. The van der Waals surface area contributed by atoms with Crippen molar-refractivity contribution in [1.82, 2.24) is 10.7 Å². The number of likely N-dealkylation sites (N-methyl/N-ethyl adjacent to an activating group) is 1. The summed E-state index contributed by atoms with van der Waals surface area (Å²) in [5.41, 5.74) is 1.78. The maximum absolute atomic E-state index is 11.7. The monoisotopic (exact) mass is 246 g/mol. The third kappa shape index (κ3) is 6.23. The minimum Gasteiger partial charge on any atom is -0.387 e. The smallest absolute Gasteiger partial charge is 0.359 e. The number of hydrogen-bond donors (Lipinski definition) is 3. The highest BCUT2D eigenvalue weighted by Gasteiger charge is 2.29. The van der Waals surface area contributed by atoms with Crippen LogP contribution in [0.4, 0.5) is 4.79 Å². The average molecular weight is 246 g/mol. The van der Waals surface area contributed by atoms with Gasteiger partial charge in [0.2, 0.25) is 0 Å². The van der Waals surface area contributed by atoms with E-state index in [-0.39, 0.29) is 10.4 Å². The normalized spacial score (nSPS) is 14.1. The summed E-state index contributed by atoms with van der Waals surface area (Å²) < 4.78 is 0.136. The quantitative estimate of drug-likeness (QED) is 0.473. The van der Waals surface area contributed by atoms with Gasteiger partial charge in [-0.15, -0.1) is 0 Å². The van der Waals surface area contributed by atoms with Crippen molar-refractivity contribution < 1.29 is 19.3 Å². The second-order valence-electron chi connectivity index (χ2n) is 5.46. The number of Topliss-reactive ketones (excluding diaryl/α,β-unsaturated/α-hetero) is 1. The Morgan fingerprint density at radius 2 is 1.82 bits per heavy atom. The van der Waals surface area contributed by atoms with Gasteiger partial charge >= 0.3 is 6.03 Å². The van der Waals surface area contributed by atoms with Crippen LogP contribution >= 0.6 is 0 Å². The lowest BCUT2D eigenvalue weighted by Crippen LogP contribution is -2.62. The Labute approximate surface area is 103 Å². The first-order valence-electron chi connectivity index (χ1n) is 5.59. The van der Waals surface area contributed by atoms with Gasteiger partial charge in [-0.25, -0.2) is 9.39 Å². The van der Waals surface area contributed by atoms with Crippen LogP contribution in [-0.4, -0.2) is 53.8 Å². The van der Waals surface area contributed by atoms with Gasteiger partial charge in [0.15, 0.2) is 5.78 Å². The van der Waals surface area contributed by atoms with E-state index in [0.29, 0.717) is 6.54 Å². The molecule has 3 N–H and O–H groups in total. The number of nitrogens with zero attached hydrogens (tertiary/aromatic N) is 1. The number of nitrogens with one attached hydrogen (secondary N) is 2. The summed E-state index contributed by atoms with van der Waals surface area (Å²) in [7, 11) is 3.51. The molecule has 0 heterocycles. The Hall–Kier alpha value is -1.14. The minimum atomic E-state index is -0.894. The Kier molecular flexibility index (Phi) is 5.10. The van der Waals surface area contributed by atoms with E-state index < -0.39 is 17.7 Å². The lowest BCUT2D eigenvalue weighted by molar-refractivity contribution is -0.927. The van der Waals surface area contributed by atoms with E-state index in [1.807, 2.05) is 0 Å². The fraction of sp³-hybridized carbons (Fsp3) is 0.818. The molecule has 0 radical (unpaired) electrons. The number of quaternary nitrogens is 1. The summed E-state index contributed by atoms with van der Waals surface area (Å²) >= 11 is 0. The summed E-state index contributed by atoms with van der Waals surface area (Å²) in [5.74, 6) is -0.117. The van der Waals surface area contributed by atoms with Crippen LogP contribution in [-0.2, 0) is 4.79 Å². The molecule has 0 aliphatic heterocycles. The number of ketones is 1. The molecule has 0 spiro atoms. The number of amides is 2. The standard InChI is InChI=1S/C11H23N3O3/c1-8(15)7-14(5,6)13-10(17)12-11(3,4)9(2)16/h8,15H,7H2,1-6H3,(H-,12,13,17)/p+1. The van der Waals surface area contributed by atoms with Crippen molar-refractivity contribution in [2.24, 2.45) is 0 Å². The van der Waals surface area contributed by atoms with Crippen molar-refractivity contribution in [3.05, 3.63) is 0 Å². The molecule has 0 aliphatic rings. The van der Waals surface area contributed by atoms with Crippen LogP contribution in [0.15, 0.2) is 0 Å². The number of aliphatic hydroxyl groups is 1. The molecular weight excluding hydrogens is 222 g/mol. The van der Waals surface area contributed by atoms with E-state index in [1.54, 1.807) is 34.9 Å². The first-order valence-corrected chi connectivity index (χ1v) is 5.59. The third-order valence-electron chi connectivity index (χ3n) is 2.43. The molecular formula is C11H24N3O3+. The summed E-state index contributed by atoms with van der Waals surface area (Å²) in [4.78, 5) is 22.9. The van der Waals surface area contributed by atoms with Crippen molar-refractivity contribution in [3.8, 4) is 0 Å². The van der Waals surface area contributed by atoms with Crippen LogP contribution in [0.5, 0.6) is 0 Å². The molecule has 100 valence electrons. The molecule has 0 aromatic rings. The van der Waals surface area contributed by atoms with Gasteiger partial charge in [-0.2, -0.15) is 5.43 Å². The predicted octanol–water partition coefficient (Wildman–Crippen LogP) is 0.0254. The molecule has 1 atom stereocenters. The second kappa shape index (κ2) is 5.46. The van der Waals surface area contributed by atoms with Crippen LogP contribution < -0.4 is 10.7 Å².